The Morgan fingerprint density at radius 3 is 2.74 bits per heavy atom. The smallest absolute Gasteiger partial charge is 0.338 e. The van der Waals surface area contributed by atoms with Crippen molar-refractivity contribution in [2.75, 3.05) is 6.79 Å². The number of nitrogens with zero attached hydrogens (tertiary/aromatic N) is 2. The number of carbonyl (C=O) groups is 1. The Kier molecular flexibility index (Phi) is 4.68. The van der Waals surface area contributed by atoms with E-state index in [1.807, 2.05) is 13.8 Å². The Bertz CT molecular complexity index is 1050. The molecule has 0 saturated heterocycles. The zero-order valence-electron chi connectivity index (χ0n) is 14.9. The van der Waals surface area contributed by atoms with E-state index in [1.165, 1.54) is 0 Å². The average Bonchev–Trinajstić information content (AvgIpc) is 2.66. The van der Waals surface area contributed by atoms with Crippen molar-refractivity contribution in [3.05, 3.63) is 63.4 Å². The molecule has 138 valence electrons. The Labute approximate surface area is 161 Å². The van der Waals surface area contributed by atoms with E-state index in [4.69, 9.17) is 25.8 Å². The van der Waals surface area contributed by atoms with E-state index in [0.29, 0.717) is 34.0 Å². The number of aromatic nitrogens is 2. The second-order valence-electron chi connectivity index (χ2n) is 6.34. The van der Waals surface area contributed by atoms with E-state index in [2.05, 4.69) is 9.97 Å². The molecule has 0 radical (unpaired) electrons. The standard InChI is InChI=1S/C20H17ClN2O4/c1-11-12(2)23-18-7-13(3-4-17(18)22-11)20(24)26-9-15-6-16(21)5-14-8-25-10-27-19(14)15/h3-7H,8-10H2,1-2H3. The van der Waals surface area contributed by atoms with E-state index < -0.39 is 5.97 Å². The summed E-state index contributed by atoms with van der Waals surface area (Å²) in [7, 11) is 0. The van der Waals surface area contributed by atoms with Crippen LogP contribution in [0.2, 0.25) is 5.02 Å². The van der Waals surface area contributed by atoms with E-state index in [-0.39, 0.29) is 13.4 Å². The van der Waals surface area contributed by atoms with Crippen molar-refractivity contribution in [3.8, 4) is 5.75 Å². The molecule has 0 spiro atoms. The number of hydrogen-bond donors (Lipinski definition) is 0. The minimum Gasteiger partial charge on any atom is -0.467 e. The first-order chi connectivity index (χ1) is 13.0. The van der Waals surface area contributed by atoms with Crippen LogP contribution in [-0.2, 0) is 22.7 Å². The van der Waals surface area contributed by atoms with Crippen LogP contribution >= 0.6 is 11.6 Å². The van der Waals surface area contributed by atoms with Gasteiger partial charge in [-0.3, -0.25) is 0 Å². The Morgan fingerprint density at radius 2 is 1.93 bits per heavy atom. The van der Waals surface area contributed by atoms with Gasteiger partial charge in [0.1, 0.15) is 12.4 Å². The molecule has 1 aromatic heterocycles. The monoisotopic (exact) mass is 384 g/mol. The molecule has 1 aliphatic rings. The number of fused-ring (bicyclic) bond motifs is 2. The molecule has 0 fully saturated rings. The lowest BCUT2D eigenvalue weighted by molar-refractivity contribution is -0.0180. The summed E-state index contributed by atoms with van der Waals surface area (Å²) in [6.45, 7) is 4.43. The summed E-state index contributed by atoms with van der Waals surface area (Å²) in [6, 6.07) is 8.67. The van der Waals surface area contributed by atoms with Gasteiger partial charge in [0.25, 0.3) is 0 Å². The van der Waals surface area contributed by atoms with Gasteiger partial charge in [-0.15, -0.1) is 0 Å². The molecule has 7 heteroatoms. The van der Waals surface area contributed by atoms with E-state index in [9.17, 15) is 4.79 Å². The topological polar surface area (TPSA) is 70.5 Å². The SMILES string of the molecule is Cc1nc2ccc(C(=O)OCc3cc(Cl)cc4c3OCOC4)cc2nc1C. The molecule has 0 atom stereocenters. The maximum atomic E-state index is 12.5. The Hall–Kier alpha value is -2.70. The van der Waals surface area contributed by atoms with Crippen LogP contribution in [0.5, 0.6) is 5.75 Å². The molecule has 0 amide bonds. The molecule has 0 saturated carbocycles. The molecule has 0 aliphatic carbocycles. The average molecular weight is 385 g/mol. The normalized spacial score (nSPS) is 13.1. The van der Waals surface area contributed by atoms with Crippen molar-refractivity contribution in [1.29, 1.82) is 0 Å². The third kappa shape index (κ3) is 3.59. The number of benzene rings is 2. The van der Waals surface area contributed by atoms with Crippen LogP contribution in [0.15, 0.2) is 30.3 Å². The number of halogens is 1. The van der Waals surface area contributed by atoms with Crippen LogP contribution in [-0.4, -0.2) is 22.7 Å². The molecule has 4 rings (SSSR count). The van der Waals surface area contributed by atoms with E-state index in [0.717, 1.165) is 22.5 Å². The summed E-state index contributed by atoms with van der Waals surface area (Å²) in [6.07, 6.45) is 0. The maximum absolute atomic E-state index is 12.5. The highest BCUT2D eigenvalue weighted by atomic mass is 35.5. The number of aryl methyl sites for hydroxylation is 2. The zero-order valence-corrected chi connectivity index (χ0v) is 15.7. The molecular weight excluding hydrogens is 368 g/mol. The van der Waals surface area contributed by atoms with Gasteiger partial charge in [0.05, 0.1) is 34.6 Å². The highest BCUT2D eigenvalue weighted by Crippen LogP contribution is 2.32. The summed E-state index contributed by atoms with van der Waals surface area (Å²) in [5, 5.41) is 0.542. The van der Waals surface area contributed by atoms with Crippen LogP contribution in [0.3, 0.4) is 0 Å². The van der Waals surface area contributed by atoms with Gasteiger partial charge in [-0.2, -0.15) is 0 Å². The number of esters is 1. The summed E-state index contributed by atoms with van der Waals surface area (Å²) < 4.78 is 16.3. The molecule has 3 aromatic rings. The number of hydrogen-bond acceptors (Lipinski definition) is 6. The third-order valence-corrected chi connectivity index (χ3v) is 4.64. The molecule has 1 aliphatic heterocycles. The van der Waals surface area contributed by atoms with Crippen molar-refractivity contribution < 1.29 is 19.0 Å². The fraction of sp³-hybridized carbons (Fsp3) is 0.250. The van der Waals surface area contributed by atoms with Crippen LogP contribution in [0.4, 0.5) is 0 Å². The molecule has 2 aromatic carbocycles. The zero-order chi connectivity index (χ0) is 19.0. The molecule has 0 N–H and O–H groups in total. The lowest BCUT2D eigenvalue weighted by Crippen LogP contribution is -2.14. The summed E-state index contributed by atoms with van der Waals surface area (Å²) in [5.41, 5.74) is 5.07. The van der Waals surface area contributed by atoms with Gasteiger partial charge in [-0.1, -0.05) is 11.6 Å². The highest BCUT2D eigenvalue weighted by Gasteiger charge is 2.18. The van der Waals surface area contributed by atoms with Gasteiger partial charge >= 0.3 is 5.97 Å². The quantitative estimate of drug-likeness (QED) is 0.632. The molecule has 0 bridgehead atoms. The highest BCUT2D eigenvalue weighted by molar-refractivity contribution is 6.30. The van der Waals surface area contributed by atoms with Crippen molar-refractivity contribution in [3.63, 3.8) is 0 Å². The van der Waals surface area contributed by atoms with Gasteiger partial charge < -0.3 is 14.2 Å². The largest absolute Gasteiger partial charge is 0.467 e. The maximum Gasteiger partial charge on any atom is 0.338 e. The molecule has 6 nitrogen and oxygen atoms in total. The second-order valence-corrected chi connectivity index (χ2v) is 6.77. The fourth-order valence-electron chi connectivity index (χ4n) is 2.95. The molecular formula is C20H17ClN2O4. The van der Waals surface area contributed by atoms with E-state index >= 15 is 0 Å². The number of ether oxygens (including phenoxy) is 3. The first kappa shape index (κ1) is 17.7. The van der Waals surface area contributed by atoms with Crippen LogP contribution in [0, 0.1) is 13.8 Å². The Balaban J connectivity index is 1.56. The number of carbonyl (C=O) groups excluding carboxylic acids is 1. The lowest BCUT2D eigenvalue weighted by Gasteiger charge is -2.21. The second kappa shape index (κ2) is 7.13. The van der Waals surface area contributed by atoms with E-state index in [1.54, 1.807) is 30.3 Å². The Morgan fingerprint density at radius 1 is 1.15 bits per heavy atom. The first-order valence-corrected chi connectivity index (χ1v) is 8.83. The predicted octanol–water partition coefficient (Wildman–Crippen LogP) is 4.12. The van der Waals surface area contributed by atoms with Crippen molar-refractivity contribution >= 4 is 28.6 Å². The predicted molar refractivity (Wildman–Crippen MR) is 99.9 cm³/mol. The van der Waals surface area contributed by atoms with Crippen molar-refractivity contribution in [1.82, 2.24) is 9.97 Å². The number of rotatable bonds is 3. The summed E-state index contributed by atoms with van der Waals surface area (Å²) >= 11 is 6.14. The molecule has 2 heterocycles. The van der Waals surface area contributed by atoms with Gasteiger partial charge in [-0.25, -0.2) is 14.8 Å². The van der Waals surface area contributed by atoms with Gasteiger partial charge in [0, 0.05) is 16.1 Å². The lowest BCUT2D eigenvalue weighted by atomic mass is 10.1. The minimum absolute atomic E-state index is 0.0539. The molecule has 27 heavy (non-hydrogen) atoms. The van der Waals surface area contributed by atoms with Crippen LogP contribution in [0.25, 0.3) is 11.0 Å². The van der Waals surface area contributed by atoms with Gasteiger partial charge in [-0.05, 0) is 44.2 Å². The minimum atomic E-state index is -0.447. The van der Waals surface area contributed by atoms with Crippen LogP contribution < -0.4 is 4.74 Å². The van der Waals surface area contributed by atoms with Gasteiger partial charge in [0.15, 0.2) is 6.79 Å². The fourth-order valence-corrected chi connectivity index (χ4v) is 3.21. The first-order valence-electron chi connectivity index (χ1n) is 8.45. The van der Waals surface area contributed by atoms with Crippen molar-refractivity contribution in [2.24, 2.45) is 0 Å². The van der Waals surface area contributed by atoms with Crippen LogP contribution in [0.1, 0.15) is 32.9 Å². The van der Waals surface area contributed by atoms with Crippen molar-refractivity contribution in [2.45, 2.75) is 27.1 Å². The summed E-state index contributed by atoms with van der Waals surface area (Å²) in [4.78, 5) is 21.5. The van der Waals surface area contributed by atoms with Gasteiger partial charge in [0.2, 0.25) is 0 Å². The third-order valence-electron chi connectivity index (χ3n) is 4.42. The summed E-state index contributed by atoms with van der Waals surface area (Å²) in [5.74, 6) is 0.214. The molecule has 0 unspecified atom stereocenters.